The monoisotopic (exact) mass is 317 g/mol. The lowest BCUT2D eigenvalue weighted by atomic mass is 10.2. The molecule has 0 spiro atoms. The van der Waals surface area contributed by atoms with Gasteiger partial charge in [0.25, 0.3) is 0 Å². The summed E-state index contributed by atoms with van der Waals surface area (Å²) >= 11 is 0. The minimum atomic E-state index is -3.74. The van der Waals surface area contributed by atoms with Gasteiger partial charge in [0.05, 0.1) is 12.7 Å². The highest BCUT2D eigenvalue weighted by Crippen LogP contribution is 2.27. The number of hydrogen-bond acceptors (Lipinski definition) is 5. The molecule has 118 valence electrons. The van der Waals surface area contributed by atoms with Gasteiger partial charge in [0.15, 0.2) is 0 Å². The Hall–Kier alpha value is -1.64. The molecule has 1 aromatic carbocycles. The molecule has 7 nitrogen and oxygen atoms in total. The number of carbonyl (C=O) groups is 1. The van der Waals surface area contributed by atoms with E-state index in [9.17, 15) is 13.2 Å². The maximum atomic E-state index is 12.4. The van der Waals surface area contributed by atoms with Crippen LogP contribution >= 0.6 is 0 Å². The molecule has 0 fully saturated rings. The molecular formula is C13H19NO6S. The summed E-state index contributed by atoms with van der Waals surface area (Å²) in [5.41, 5.74) is -0.0344. The van der Waals surface area contributed by atoms with Crippen molar-refractivity contribution in [2.75, 3.05) is 34.4 Å². The van der Waals surface area contributed by atoms with Gasteiger partial charge < -0.3 is 14.6 Å². The molecule has 0 saturated heterocycles. The lowest BCUT2D eigenvalue weighted by molar-refractivity contribution is 0.0696. The third kappa shape index (κ3) is 4.16. The van der Waals surface area contributed by atoms with Crippen molar-refractivity contribution in [3.63, 3.8) is 0 Å². The van der Waals surface area contributed by atoms with Crippen molar-refractivity contribution in [2.45, 2.75) is 11.3 Å². The zero-order valence-corrected chi connectivity index (χ0v) is 13.0. The number of aromatic carboxylic acids is 1. The second-order valence-corrected chi connectivity index (χ2v) is 6.36. The van der Waals surface area contributed by atoms with Crippen LogP contribution in [0.2, 0.25) is 0 Å². The summed E-state index contributed by atoms with van der Waals surface area (Å²) in [6.45, 7) is 0.745. The molecular weight excluding hydrogens is 298 g/mol. The summed E-state index contributed by atoms with van der Waals surface area (Å²) in [7, 11) is 0.549. The van der Waals surface area contributed by atoms with Crippen molar-refractivity contribution in [3.8, 4) is 5.75 Å². The lowest BCUT2D eigenvalue weighted by Crippen LogP contribution is -2.29. The Bertz CT molecular complexity index is 599. The van der Waals surface area contributed by atoms with E-state index in [2.05, 4.69) is 0 Å². The van der Waals surface area contributed by atoms with Gasteiger partial charge in [-0.25, -0.2) is 17.5 Å². The van der Waals surface area contributed by atoms with Gasteiger partial charge in [0, 0.05) is 27.3 Å². The van der Waals surface area contributed by atoms with Gasteiger partial charge in [-0.3, -0.25) is 0 Å². The Morgan fingerprint density at radius 2 is 2.00 bits per heavy atom. The smallest absolute Gasteiger partial charge is 0.335 e. The summed E-state index contributed by atoms with van der Waals surface area (Å²) in [4.78, 5) is 10.8. The molecule has 21 heavy (non-hydrogen) atoms. The summed E-state index contributed by atoms with van der Waals surface area (Å²) < 4.78 is 36.0. The van der Waals surface area contributed by atoms with Crippen molar-refractivity contribution in [1.29, 1.82) is 0 Å². The van der Waals surface area contributed by atoms with Crippen molar-refractivity contribution >= 4 is 16.0 Å². The average molecular weight is 317 g/mol. The maximum absolute atomic E-state index is 12.4. The van der Waals surface area contributed by atoms with Crippen LogP contribution < -0.4 is 4.74 Å². The maximum Gasteiger partial charge on any atom is 0.335 e. The molecule has 1 N–H and O–H groups in total. The van der Waals surface area contributed by atoms with Crippen molar-refractivity contribution < 1.29 is 27.8 Å². The molecule has 0 radical (unpaired) electrons. The fourth-order valence-corrected chi connectivity index (χ4v) is 3.08. The second kappa shape index (κ2) is 7.39. The van der Waals surface area contributed by atoms with E-state index < -0.39 is 16.0 Å². The summed E-state index contributed by atoms with van der Waals surface area (Å²) in [6, 6.07) is 3.67. The third-order valence-electron chi connectivity index (χ3n) is 2.92. The molecule has 0 saturated carbocycles. The highest BCUT2D eigenvalue weighted by Gasteiger charge is 2.25. The van der Waals surface area contributed by atoms with Crippen LogP contribution in [0.1, 0.15) is 16.8 Å². The van der Waals surface area contributed by atoms with Gasteiger partial charge >= 0.3 is 5.97 Å². The molecule has 1 aromatic rings. The number of rotatable bonds is 8. The first-order valence-corrected chi connectivity index (χ1v) is 7.65. The van der Waals surface area contributed by atoms with Gasteiger partial charge in [0.1, 0.15) is 10.6 Å². The van der Waals surface area contributed by atoms with Crippen LogP contribution in [0.15, 0.2) is 23.1 Å². The minimum Gasteiger partial charge on any atom is -0.495 e. The van der Waals surface area contributed by atoms with Gasteiger partial charge in [0.2, 0.25) is 10.0 Å². The zero-order chi connectivity index (χ0) is 16.0. The van der Waals surface area contributed by atoms with Crippen LogP contribution in [0, 0.1) is 0 Å². The van der Waals surface area contributed by atoms with Crippen LogP contribution in [0.25, 0.3) is 0 Å². The van der Waals surface area contributed by atoms with Crippen LogP contribution in [-0.2, 0) is 14.8 Å². The summed E-state index contributed by atoms with van der Waals surface area (Å²) in [5.74, 6) is -1.14. The van der Waals surface area contributed by atoms with E-state index in [4.69, 9.17) is 14.6 Å². The zero-order valence-electron chi connectivity index (χ0n) is 12.2. The normalized spacial score (nSPS) is 11.6. The van der Waals surface area contributed by atoms with Crippen molar-refractivity contribution in [1.82, 2.24) is 4.31 Å². The average Bonchev–Trinajstić information content (AvgIpc) is 2.46. The first-order valence-electron chi connectivity index (χ1n) is 6.21. The van der Waals surface area contributed by atoms with Crippen LogP contribution in [0.4, 0.5) is 0 Å². The standard InChI is InChI=1S/C13H19NO6S/c1-14(7-4-8-19-2)21(17,18)12-6-5-10(13(15)16)9-11(12)20-3/h5-6,9H,4,7-8H2,1-3H3,(H,15,16). The van der Waals surface area contributed by atoms with Crippen LogP contribution in [0.3, 0.4) is 0 Å². The Morgan fingerprint density at radius 1 is 1.33 bits per heavy atom. The lowest BCUT2D eigenvalue weighted by Gasteiger charge is -2.18. The number of carboxylic acids is 1. The molecule has 0 atom stereocenters. The van der Waals surface area contributed by atoms with Crippen molar-refractivity contribution in [3.05, 3.63) is 23.8 Å². The second-order valence-electron chi connectivity index (χ2n) is 4.34. The molecule has 0 amide bonds. The molecule has 0 aromatic heterocycles. The SMILES string of the molecule is COCCCN(C)S(=O)(=O)c1ccc(C(=O)O)cc1OC. The number of ether oxygens (including phenoxy) is 2. The van der Waals surface area contributed by atoms with E-state index in [1.807, 2.05) is 0 Å². The van der Waals surface area contributed by atoms with E-state index in [0.717, 1.165) is 0 Å². The number of benzene rings is 1. The molecule has 8 heteroatoms. The molecule has 0 aliphatic heterocycles. The predicted octanol–water partition coefficient (Wildman–Crippen LogP) is 1.05. The number of methoxy groups -OCH3 is 2. The Labute approximate surface area is 124 Å². The molecule has 0 heterocycles. The van der Waals surface area contributed by atoms with Crippen molar-refractivity contribution in [2.24, 2.45) is 0 Å². The molecule has 0 aliphatic rings. The summed E-state index contributed by atoms with van der Waals surface area (Å²) in [5, 5.41) is 8.92. The predicted molar refractivity (Wildman–Crippen MR) is 76.3 cm³/mol. The number of carboxylic acid groups (broad SMARTS) is 1. The summed E-state index contributed by atoms with van der Waals surface area (Å²) in [6.07, 6.45) is 0.557. The van der Waals surface area contributed by atoms with E-state index in [0.29, 0.717) is 19.6 Å². The first-order chi connectivity index (χ1) is 9.84. The topological polar surface area (TPSA) is 93.1 Å². The largest absolute Gasteiger partial charge is 0.495 e. The Morgan fingerprint density at radius 3 is 2.52 bits per heavy atom. The van der Waals surface area contributed by atoms with Gasteiger partial charge in [-0.1, -0.05) is 0 Å². The number of nitrogens with zero attached hydrogens (tertiary/aromatic N) is 1. The highest BCUT2D eigenvalue weighted by atomic mass is 32.2. The quantitative estimate of drug-likeness (QED) is 0.720. The fraction of sp³-hybridized carbons (Fsp3) is 0.462. The molecule has 0 bridgehead atoms. The van der Waals surface area contributed by atoms with E-state index in [-0.39, 0.29) is 16.2 Å². The van der Waals surface area contributed by atoms with Crippen LogP contribution in [-0.4, -0.2) is 58.2 Å². The van der Waals surface area contributed by atoms with E-state index >= 15 is 0 Å². The van der Waals surface area contributed by atoms with Gasteiger partial charge in [-0.05, 0) is 24.6 Å². The van der Waals surface area contributed by atoms with E-state index in [1.165, 1.54) is 36.7 Å². The Balaban J connectivity index is 3.10. The Kier molecular flexibility index (Phi) is 6.13. The number of hydrogen-bond donors (Lipinski definition) is 1. The van der Waals surface area contributed by atoms with Crippen LogP contribution in [0.5, 0.6) is 5.75 Å². The fourth-order valence-electron chi connectivity index (χ4n) is 1.73. The van der Waals surface area contributed by atoms with Gasteiger partial charge in [-0.2, -0.15) is 0 Å². The molecule has 0 aliphatic carbocycles. The highest BCUT2D eigenvalue weighted by molar-refractivity contribution is 7.89. The minimum absolute atomic E-state index is 0.00786. The van der Waals surface area contributed by atoms with E-state index in [1.54, 1.807) is 7.11 Å². The third-order valence-corrected chi connectivity index (χ3v) is 4.82. The molecule has 0 unspecified atom stereocenters. The number of sulfonamides is 1. The first kappa shape index (κ1) is 17.4. The van der Waals surface area contributed by atoms with Gasteiger partial charge in [-0.15, -0.1) is 0 Å². The molecule has 1 rings (SSSR count).